The molecule has 1 aliphatic carbocycles. The SMILES string of the molecule is C=CC1C(=O)C(C)=C1OC(C)C. The number of hydrogen-bond acceptors (Lipinski definition) is 2. The molecule has 0 aromatic rings. The third-order valence-corrected chi connectivity index (χ3v) is 1.90. The van der Waals surface area contributed by atoms with Gasteiger partial charge in [-0.05, 0) is 20.8 Å². The standard InChI is InChI=1S/C10H14O2/c1-5-8-9(11)7(4)10(8)12-6(2)3/h5-6,8H,1H2,2-4H3. The molecule has 1 aliphatic rings. The number of carbonyl (C=O) groups is 1. The van der Waals surface area contributed by atoms with Crippen LogP contribution in [0.5, 0.6) is 0 Å². The van der Waals surface area contributed by atoms with Gasteiger partial charge in [0.1, 0.15) is 5.76 Å². The van der Waals surface area contributed by atoms with Crippen LogP contribution < -0.4 is 0 Å². The first-order valence-corrected chi connectivity index (χ1v) is 4.12. The number of ketones is 1. The minimum absolute atomic E-state index is 0.130. The number of carbonyl (C=O) groups excluding carboxylic acids is 1. The highest BCUT2D eigenvalue weighted by Gasteiger charge is 2.36. The summed E-state index contributed by atoms with van der Waals surface area (Å²) in [6, 6.07) is 0. The van der Waals surface area contributed by atoms with Gasteiger partial charge in [-0.3, -0.25) is 4.79 Å². The van der Waals surface area contributed by atoms with E-state index in [4.69, 9.17) is 4.74 Å². The second-order valence-corrected chi connectivity index (χ2v) is 3.23. The molecule has 0 radical (unpaired) electrons. The van der Waals surface area contributed by atoms with Crippen molar-refractivity contribution in [2.24, 2.45) is 5.92 Å². The van der Waals surface area contributed by atoms with Crippen molar-refractivity contribution in [3.05, 3.63) is 24.0 Å². The van der Waals surface area contributed by atoms with Gasteiger partial charge in [0.2, 0.25) is 0 Å². The Balaban J connectivity index is 2.76. The monoisotopic (exact) mass is 166 g/mol. The van der Waals surface area contributed by atoms with Gasteiger partial charge in [-0.15, -0.1) is 6.58 Å². The summed E-state index contributed by atoms with van der Waals surface area (Å²) in [5.41, 5.74) is 0.744. The molecule has 2 nitrogen and oxygen atoms in total. The largest absolute Gasteiger partial charge is 0.494 e. The van der Waals surface area contributed by atoms with Crippen LogP contribution >= 0.6 is 0 Å². The van der Waals surface area contributed by atoms with E-state index in [1.165, 1.54) is 0 Å². The summed E-state index contributed by atoms with van der Waals surface area (Å²) in [6.45, 7) is 9.28. The van der Waals surface area contributed by atoms with Crippen molar-refractivity contribution in [3.8, 4) is 0 Å². The van der Waals surface area contributed by atoms with Crippen molar-refractivity contribution in [1.82, 2.24) is 0 Å². The van der Waals surface area contributed by atoms with Crippen molar-refractivity contribution < 1.29 is 9.53 Å². The summed E-state index contributed by atoms with van der Waals surface area (Å²) < 4.78 is 5.46. The summed E-state index contributed by atoms with van der Waals surface area (Å²) in [7, 11) is 0. The molecule has 0 spiro atoms. The van der Waals surface area contributed by atoms with E-state index >= 15 is 0 Å². The zero-order valence-corrected chi connectivity index (χ0v) is 7.76. The smallest absolute Gasteiger partial charge is 0.176 e. The fourth-order valence-corrected chi connectivity index (χ4v) is 1.26. The van der Waals surface area contributed by atoms with Gasteiger partial charge < -0.3 is 4.74 Å². The molecule has 0 aromatic carbocycles. The highest BCUT2D eigenvalue weighted by atomic mass is 16.5. The molecule has 0 N–H and O–H groups in total. The molecule has 0 aliphatic heterocycles. The maximum absolute atomic E-state index is 11.2. The molecule has 66 valence electrons. The molecule has 12 heavy (non-hydrogen) atoms. The van der Waals surface area contributed by atoms with Crippen molar-refractivity contribution in [2.75, 3.05) is 0 Å². The molecular formula is C10H14O2. The zero-order valence-electron chi connectivity index (χ0n) is 7.76. The van der Waals surface area contributed by atoms with Gasteiger partial charge in [-0.25, -0.2) is 0 Å². The summed E-state index contributed by atoms with van der Waals surface area (Å²) in [4.78, 5) is 11.2. The fraction of sp³-hybridized carbons (Fsp3) is 0.500. The van der Waals surface area contributed by atoms with Gasteiger partial charge in [0.15, 0.2) is 5.78 Å². The van der Waals surface area contributed by atoms with E-state index in [-0.39, 0.29) is 17.8 Å². The lowest BCUT2D eigenvalue weighted by Crippen LogP contribution is -2.31. The lowest BCUT2D eigenvalue weighted by Gasteiger charge is -2.29. The van der Waals surface area contributed by atoms with E-state index in [9.17, 15) is 4.79 Å². The van der Waals surface area contributed by atoms with Crippen LogP contribution in [0.1, 0.15) is 20.8 Å². The normalized spacial score (nSPS) is 22.7. The second kappa shape index (κ2) is 3.13. The van der Waals surface area contributed by atoms with Crippen molar-refractivity contribution in [1.29, 1.82) is 0 Å². The average molecular weight is 166 g/mol. The van der Waals surface area contributed by atoms with Crippen LogP contribution in [-0.2, 0) is 9.53 Å². The van der Waals surface area contributed by atoms with E-state index in [0.29, 0.717) is 0 Å². The third-order valence-electron chi connectivity index (χ3n) is 1.90. The first-order valence-electron chi connectivity index (χ1n) is 4.12. The lowest BCUT2D eigenvalue weighted by molar-refractivity contribution is -0.121. The number of Topliss-reactive ketones (excluding diaryl/α,β-unsaturated/α-hetero) is 1. The summed E-state index contributed by atoms with van der Waals surface area (Å²) in [6.07, 6.45) is 1.76. The Morgan fingerprint density at radius 3 is 2.58 bits per heavy atom. The molecule has 1 unspecified atom stereocenters. The van der Waals surface area contributed by atoms with Gasteiger partial charge >= 0.3 is 0 Å². The quantitative estimate of drug-likeness (QED) is 0.600. The van der Waals surface area contributed by atoms with Gasteiger partial charge in [-0.1, -0.05) is 6.08 Å². The van der Waals surface area contributed by atoms with E-state index in [2.05, 4.69) is 6.58 Å². The maximum atomic E-state index is 11.2. The molecule has 0 fully saturated rings. The predicted octanol–water partition coefficient (Wildman–Crippen LogP) is 2.07. The summed E-state index contributed by atoms with van der Waals surface area (Å²) >= 11 is 0. The molecule has 0 aromatic heterocycles. The number of allylic oxidation sites excluding steroid dienone is 2. The Bertz CT molecular complexity index is 249. The number of rotatable bonds is 3. The fourth-order valence-electron chi connectivity index (χ4n) is 1.26. The van der Waals surface area contributed by atoms with Gasteiger partial charge in [-0.2, -0.15) is 0 Å². The van der Waals surface area contributed by atoms with Crippen molar-refractivity contribution >= 4 is 5.78 Å². The Morgan fingerprint density at radius 1 is 1.58 bits per heavy atom. The molecular weight excluding hydrogens is 152 g/mol. The van der Waals surface area contributed by atoms with Crippen LogP contribution in [0.25, 0.3) is 0 Å². The first kappa shape index (κ1) is 9.04. The Labute approximate surface area is 72.9 Å². The van der Waals surface area contributed by atoms with Crippen molar-refractivity contribution in [3.63, 3.8) is 0 Å². The molecule has 0 saturated heterocycles. The van der Waals surface area contributed by atoms with E-state index < -0.39 is 0 Å². The summed E-state index contributed by atoms with van der Waals surface area (Å²) in [5, 5.41) is 0. The highest BCUT2D eigenvalue weighted by Crippen LogP contribution is 2.32. The second-order valence-electron chi connectivity index (χ2n) is 3.23. The molecule has 1 atom stereocenters. The van der Waals surface area contributed by atoms with Gasteiger partial charge in [0, 0.05) is 5.57 Å². The highest BCUT2D eigenvalue weighted by molar-refractivity contribution is 6.06. The minimum atomic E-state index is -0.188. The Hall–Kier alpha value is -1.05. The van der Waals surface area contributed by atoms with E-state index in [1.54, 1.807) is 13.0 Å². The zero-order chi connectivity index (χ0) is 9.30. The molecule has 1 rings (SSSR count). The van der Waals surface area contributed by atoms with Crippen LogP contribution in [0.2, 0.25) is 0 Å². The summed E-state index contributed by atoms with van der Waals surface area (Å²) in [5.74, 6) is 0.748. The minimum Gasteiger partial charge on any atom is -0.494 e. The van der Waals surface area contributed by atoms with Gasteiger partial charge in [0.05, 0.1) is 12.0 Å². The number of hydrogen-bond donors (Lipinski definition) is 0. The predicted molar refractivity (Wildman–Crippen MR) is 47.6 cm³/mol. The van der Waals surface area contributed by atoms with Crippen LogP contribution in [0.4, 0.5) is 0 Å². The molecule has 0 bridgehead atoms. The Kier molecular flexibility index (Phi) is 2.36. The third kappa shape index (κ3) is 1.29. The Morgan fingerprint density at radius 2 is 2.17 bits per heavy atom. The molecule has 2 heteroatoms. The van der Waals surface area contributed by atoms with Crippen molar-refractivity contribution in [2.45, 2.75) is 26.9 Å². The topological polar surface area (TPSA) is 26.3 Å². The average Bonchev–Trinajstić information content (AvgIpc) is 2.03. The van der Waals surface area contributed by atoms with Crippen LogP contribution in [-0.4, -0.2) is 11.9 Å². The molecule has 0 heterocycles. The van der Waals surface area contributed by atoms with Crippen LogP contribution in [0.3, 0.4) is 0 Å². The lowest BCUT2D eigenvalue weighted by atomic mass is 9.83. The maximum Gasteiger partial charge on any atom is 0.176 e. The van der Waals surface area contributed by atoms with Crippen LogP contribution in [0, 0.1) is 5.92 Å². The first-order chi connectivity index (χ1) is 5.57. The van der Waals surface area contributed by atoms with E-state index in [0.717, 1.165) is 11.3 Å². The van der Waals surface area contributed by atoms with Gasteiger partial charge in [0.25, 0.3) is 0 Å². The molecule has 0 amide bonds. The molecule has 0 saturated carbocycles. The van der Waals surface area contributed by atoms with E-state index in [1.807, 2.05) is 13.8 Å². The number of ether oxygens (including phenoxy) is 1. The van der Waals surface area contributed by atoms with Crippen LogP contribution in [0.15, 0.2) is 24.0 Å².